The first-order valence-electron chi connectivity index (χ1n) is 9.70. The first kappa shape index (κ1) is 22.2. The highest BCUT2D eigenvalue weighted by Crippen LogP contribution is 2.36. The van der Waals surface area contributed by atoms with Crippen molar-refractivity contribution in [1.82, 2.24) is 0 Å². The van der Waals surface area contributed by atoms with Gasteiger partial charge in [0, 0.05) is 5.30 Å². The fourth-order valence-electron chi connectivity index (χ4n) is 3.07. The molecular weight excluding hydrogens is 367 g/mol. The van der Waals surface area contributed by atoms with Crippen LogP contribution in [0.3, 0.4) is 0 Å². The molecule has 0 aliphatic heterocycles. The summed E-state index contributed by atoms with van der Waals surface area (Å²) in [5.41, 5.74) is 5.51. The molecule has 2 rings (SSSR count). The zero-order valence-corrected chi connectivity index (χ0v) is 20.0. The first-order valence-corrected chi connectivity index (χ1v) is 11.0. The maximum atomic E-state index is 6.82. The fraction of sp³-hybridized carbons (Fsp3) is 0.480. The molecule has 0 aromatic heterocycles. The van der Waals surface area contributed by atoms with E-state index in [9.17, 15) is 0 Å². The Kier molecular flexibility index (Phi) is 6.35. The minimum Gasteiger partial charge on any atom is -0.0783 e. The first-order chi connectivity index (χ1) is 12.2. The Labute approximate surface area is 173 Å². The van der Waals surface area contributed by atoms with E-state index in [-0.39, 0.29) is 16.2 Å². The van der Waals surface area contributed by atoms with Crippen LogP contribution in [0.15, 0.2) is 42.5 Å². The van der Waals surface area contributed by atoms with Crippen LogP contribution < -0.4 is 5.30 Å². The minimum atomic E-state index is 0.0530. The van der Waals surface area contributed by atoms with E-state index in [0.29, 0.717) is 0 Å². The van der Waals surface area contributed by atoms with Crippen LogP contribution in [0.5, 0.6) is 0 Å². The quantitative estimate of drug-likeness (QED) is 0.456. The highest BCUT2D eigenvalue weighted by Gasteiger charge is 2.28. The van der Waals surface area contributed by atoms with Gasteiger partial charge in [-0.25, -0.2) is 0 Å². The van der Waals surface area contributed by atoms with E-state index in [2.05, 4.69) is 86.6 Å². The lowest BCUT2D eigenvalue weighted by molar-refractivity contribution is 0.554. The van der Waals surface area contributed by atoms with Gasteiger partial charge in [0.05, 0.1) is 4.75 Å². The molecule has 0 unspecified atom stereocenters. The molecule has 0 fully saturated rings. The second kappa shape index (κ2) is 7.73. The molecule has 0 heterocycles. The van der Waals surface area contributed by atoms with E-state index in [1.807, 2.05) is 18.2 Å². The summed E-state index contributed by atoms with van der Waals surface area (Å²) in [5, 5.41) is 1.36. The Hall–Kier alpha value is -1.10. The third-order valence-electron chi connectivity index (χ3n) is 4.81. The molecule has 0 N–H and O–H groups in total. The standard InChI is InChI=1S/C25H34ClP/c1-23(2,3)18-15-19(24(4,5)6)21(20(16-18)25(7,8)9)27-22(26)17-13-11-10-12-14-17/h10-16H,1-9H3. The average Bonchev–Trinajstić information content (AvgIpc) is 2.52. The molecular formula is C25H34ClP. The lowest BCUT2D eigenvalue weighted by Crippen LogP contribution is -2.30. The van der Waals surface area contributed by atoms with Gasteiger partial charge < -0.3 is 0 Å². The van der Waals surface area contributed by atoms with E-state index >= 15 is 0 Å². The number of rotatable bonds is 2. The molecule has 0 saturated carbocycles. The highest BCUT2D eigenvalue weighted by molar-refractivity contribution is 7.54. The highest BCUT2D eigenvalue weighted by atomic mass is 35.5. The van der Waals surface area contributed by atoms with E-state index in [4.69, 9.17) is 11.6 Å². The predicted molar refractivity (Wildman–Crippen MR) is 126 cm³/mol. The van der Waals surface area contributed by atoms with Gasteiger partial charge in [0.25, 0.3) is 0 Å². The van der Waals surface area contributed by atoms with Crippen molar-refractivity contribution in [3.63, 3.8) is 0 Å². The lowest BCUT2D eigenvalue weighted by Gasteiger charge is -2.32. The van der Waals surface area contributed by atoms with Crippen molar-refractivity contribution >= 4 is 29.9 Å². The van der Waals surface area contributed by atoms with E-state index in [0.717, 1.165) is 18.5 Å². The third-order valence-corrected chi connectivity index (χ3v) is 6.45. The molecule has 0 aliphatic rings. The van der Waals surface area contributed by atoms with Gasteiger partial charge in [-0.3, -0.25) is 0 Å². The molecule has 2 aromatic carbocycles. The van der Waals surface area contributed by atoms with Crippen molar-refractivity contribution in [2.24, 2.45) is 0 Å². The normalized spacial score (nSPS) is 13.8. The van der Waals surface area contributed by atoms with Crippen LogP contribution >= 0.6 is 19.8 Å². The van der Waals surface area contributed by atoms with Gasteiger partial charge in [-0.05, 0) is 46.7 Å². The van der Waals surface area contributed by atoms with Crippen LogP contribution in [0, 0.1) is 0 Å². The smallest absolute Gasteiger partial charge is 0.0754 e. The summed E-state index contributed by atoms with van der Waals surface area (Å²) in [5.74, 6) is 0. The van der Waals surface area contributed by atoms with Gasteiger partial charge in [-0.2, -0.15) is 0 Å². The van der Waals surface area contributed by atoms with Crippen LogP contribution in [-0.2, 0) is 16.2 Å². The van der Waals surface area contributed by atoms with Crippen molar-refractivity contribution in [3.05, 3.63) is 64.7 Å². The number of benzene rings is 2. The van der Waals surface area contributed by atoms with Crippen LogP contribution in [0.1, 0.15) is 84.6 Å². The molecule has 0 amide bonds. The molecule has 0 bridgehead atoms. The predicted octanol–water partition coefficient (Wildman–Crippen LogP) is 7.57. The SMILES string of the molecule is CC(C)(C)c1cc(C(C)(C)C)c(P=C(Cl)c2ccccc2)c(C(C)(C)C)c1. The molecule has 2 aromatic rings. The third kappa shape index (κ3) is 5.46. The van der Waals surface area contributed by atoms with Crippen LogP contribution in [0.25, 0.3) is 0 Å². The molecule has 0 nitrogen and oxygen atoms in total. The van der Waals surface area contributed by atoms with Crippen molar-refractivity contribution in [2.75, 3.05) is 0 Å². The maximum absolute atomic E-state index is 6.82. The Morgan fingerprint density at radius 1 is 0.704 bits per heavy atom. The summed E-state index contributed by atoms with van der Waals surface area (Å²) in [6.45, 7) is 20.7. The zero-order valence-electron chi connectivity index (χ0n) is 18.4. The Bertz CT molecular complexity index is 790. The lowest BCUT2D eigenvalue weighted by atomic mass is 9.75. The number of hydrogen-bond acceptors (Lipinski definition) is 0. The van der Waals surface area contributed by atoms with Gasteiger partial charge in [0.1, 0.15) is 0 Å². The second-order valence-corrected chi connectivity index (χ2v) is 12.2. The van der Waals surface area contributed by atoms with Crippen molar-refractivity contribution in [1.29, 1.82) is 0 Å². The maximum Gasteiger partial charge on any atom is 0.0754 e. The van der Waals surface area contributed by atoms with Crippen LogP contribution in [0.4, 0.5) is 0 Å². The van der Waals surface area contributed by atoms with Gasteiger partial charge in [0.2, 0.25) is 0 Å². The van der Waals surface area contributed by atoms with Gasteiger partial charge in [-0.1, -0.05) is 116 Å². The molecule has 0 aliphatic carbocycles. The zero-order chi connectivity index (χ0) is 20.6. The van der Waals surface area contributed by atoms with E-state index in [1.165, 1.54) is 22.0 Å². The van der Waals surface area contributed by atoms with E-state index < -0.39 is 0 Å². The minimum absolute atomic E-state index is 0.0530. The molecule has 146 valence electrons. The topological polar surface area (TPSA) is 0 Å². The van der Waals surface area contributed by atoms with Crippen LogP contribution in [-0.4, -0.2) is 4.75 Å². The fourth-order valence-corrected chi connectivity index (χ4v) is 4.96. The summed E-state index contributed by atoms with van der Waals surface area (Å²) in [6, 6.07) is 15.1. The number of hydrogen-bond donors (Lipinski definition) is 0. The van der Waals surface area contributed by atoms with Crippen molar-refractivity contribution in [3.8, 4) is 0 Å². The average molecular weight is 401 g/mol. The monoisotopic (exact) mass is 400 g/mol. The Morgan fingerprint density at radius 3 is 1.52 bits per heavy atom. The van der Waals surface area contributed by atoms with Crippen LogP contribution in [0.2, 0.25) is 0 Å². The van der Waals surface area contributed by atoms with Gasteiger partial charge >= 0.3 is 0 Å². The summed E-state index contributed by atoms with van der Waals surface area (Å²) in [7, 11) is 1.08. The summed E-state index contributed by atoms with van der Waals surface area (Å²) in [6.07, 6.45) is 0. The molecule has 0 atom stereocenters. The largest absolute Gasteiger partial charge is 0.0783 e. The summed E-state index contributed by atoms with van der Waals surface area (Å²) < 4.78 is 0.884. The van der Waals surface area contributed by atoms with Gasteiger partial charge in [0.15, 0.2) is 0 Å². The summed E-state index contributed by atoms with van der Waals surface area (Å²) in [4.78, 5) is 0. The Morgan fingerprint density at radius 2 is 1.15 bits per heavy atom. The summed E-state index contributed by atoms with van der Waals surface area (Å²) >= 11 is 6.82. The molecule has 0 radical (unpaired) electrons. The van der Waals surface area contributed by atoms with Crippen molar-refractivity contribution in [2.45, 2.75) is 78.6 Å². The van der Waals surface area contributed by atoms with E-state index in [1.54, 1.807) is 0 Å². The van der Waals surface area contributed by atoms with Gasteiger partial charge in [-0.15, -0.1) is 0 Å². The second-order valence-electron chi connectivity index (χ2n) is 10.4. The number of halogens is 1. The Balaban J connectivity index is 2.85. The molecule has 0 saturated heterocycles. The molecule has 27 heavy (non-hydrogen) atoms. The molecule has 0 spiro atoms. The molecule has 2 heteroatoms. The van der Waals surface area contributed by atoms with Crippen molar-refractivity contribution < 1.29 is 0 Å².